The lowest BCUT2D eigenvalue weighted by Crippen LogP contribution is -2.50. The van der Waals surface area contributed by atoms with E-state index in [0.717, 1.165) is 38.4 Å². The molecule has 0 aromatic heterocycles. The number of alkyl halides is 3. The molecule has 2 nitrogen and oxygen atoms in total. The summed E-state index contributed by atoms with van der Waals surface area (Å²) in [4.78, 5) is 0. The van der Waals surface area contributed by atoms with Crippen LogP contribution in [0.5, 0.6) is 0 Å². The molecule has 0 amide bonds. The molecule has 0 bridgehead atoms. The first-order valence-corrected chi connectivity index (χ1v) is 7.50. The van der Waals surface area contributed by atoms with E-state index in [1.54, 1.807) is 6.07 Å². The highest BCUT2D eigenvalue weighted by molar-refractivity contribution is 5.25. The summed E-state index contributed by atoms with van der Waals surface area (Å²) in [6.07, 6.45) is 1.10. The molecule has 3 rings (SSSR count). The van der Waals surface area contributed by atoms with E-state index >= 15 is 0 Å². The number of rotatable bonds is 3. The van der Waals surface area contributed by atoms with Crippen LogP contribution in [0.4, 0.5) is 13.2 Å². The summed E-state index contributed by atoms with van der Waals surface area (Å²) in [5.41, 5.74) is 0.159. The summed E-state index contributed by atoms with van der Waals surface area (Å²) in [5, 5.41) is 3.39. The molecule has 1 unspecified atom stereocenters. The van der Waals surface area contributed by atoms with Crippen molar-refractivity contribution in [2.24, 2.45) is 0 Å². The predicted octanol–water partition coefficient (Wildman–Crippen LogP) is 3.90. The molecule has 1 aliphatic heterocycles. The minimum absolute atomic E-state index is 0.0593. The maximum Gasteiger partial charge on any atom is 0.416 e. The average Bonchev–Trinajstić information content (AvgIpc) is 2.43. The number of ether oxygens (including phenoxy) is 1. The Morgan fingerprint density at radius 3 is 2.76 bits per heavy atom. The molecule has 2 aliphatic rings. The predicted molar refractivity (Wildman–Crippen MR) is 73.8 cm³/mol. The summed E-state index contributed by atoms with van der Waals surface area (Å²) in [5.74, 6) is 0. The van der Waals surface area contributed by atoms with Gasteiger partial charge in [-0.1, -0.05) is 18.2 Å². The molecule has 1 aromatic rings. The molecule has 2 fully saturated rings. The van der Waals surface area contributed by atoms with Crippen molar-refractivity contribution in [1.29, 1.82) is 0 Å². The van der Waals surface area contributed by atoms with Crippen LogP contribution in [-0.4, -0.2) is 18.2 Å². The molecular formula is C16H20F3NO. The van der Waals surface area contributed by atoms with E-state index in [9.17, 15) is 13.2 Å². The second-order valence-electron chi connectivity index (χ2n) is 6.15. The Bertz CT molecular complexity index is 497. The lowest BCUT2D eigenvalue weighted by atomic mass is 9.74. The topological polar surface area (TPSA) is 21.3 Å². The van der Waals surface area contributed by atoms with Crippen molar-refractivity contribution < 1.29 is 17.9 Å². The standard InChI is InChI=1S/C16H20F3NO/c17-16(18,19)13-4-1-3-12(9-13)11-20-14-5-8-21-15(10-14)6-2-7-15/h1,3-4,9,14,20H,2,5-8,10-11H2. The Balaban J connectivity index is 1.57. The molecule has 116 valence electrons. The van der Waals surface area contributed by atoms with Crippen molar-refractivity contribution in [3.05, 3.63) is 35.4 Å². The van der Waals surface area contributed by atoms with Gasteiger partial charge in [0.1, 0.15) is 0 Å². The molecular weight excluding hydrogens is 279 g/mol. The van der Waals surface area contributed by atoms with Gasteiger partial charge < -0.3 is 10.1 Å². The van der Waals surface area contributed by atoms with Crippen LogP contribution in [0.1, 0.15) is 43.2 Å². The first kappa shape index (κ1) is 14.9. The monoisotopic (exact) mass is 299 g/mol. The third-order valence-electron chi connectivity index (χ3n) is 4.61. The van der Waals surface area contributed by atoms with Gasteiger partial charge in [-0.25, -0.2) is 0 Å². The fraction of sp³-hybridized carbons (Fsp3) is 0.625. The molecule has 1 atom stereocenters. The number of halogens is 3. The second-order valence-corrected chi connectivity index (χ2v) is 6.15. The number of benzene rings is 1. The summed E-state index contributed by atoms with van der Waals surface area (Å²) in [7, 11) is 0. The third kappa shape index (κ3) is 3.40. The quantitative estimate of drug-likeness (QED) is 0.914. The van der Waals surface area contributed by atoms with Crippen molar-refractivity contribution >= 4 is 0 Å². The van der Waals surface area contributed by atoms with E-state index < -0.39 is 11.7 Å². The fourth-order valence-electron chi connectivity index (χ4n) is 3.24. The van der Waals surface area contributed by atoms with Gasteiger partial charge in [0.15, 0.2) is 0 Å². The third-order valence-corrected chi connectivity index (χ3v) is 4.61. The smallest absolute Gasteiger partial charge is 0.375 e. The van der Waals surface area contributed by atoms with Gasteiger partial charge in [-0.2, -0.15) is 13.2 Å². The molecule has 1 saturated carbocycles. The molecule has 5 heteroatoms. The first-order chi connectivity index (χ1) is 9.97. The van der Waals surface area contributed by atoms with E-state index in [-0.39, 0.29) is 5.60 Å². The normalized spacial score (nSPS) is 24.8. The minimum atomic E-state index is -4.27. The first-order valence-electron chi connectivity index (χ1n) is 7.50. The summed E-state index contributed by atoms with van der Waals surface area (Å²) < 4.78 is 43.9. The largest absolute Gasteiger partial charge is 0.416 e. The van der Waals surface area contributed by atoms with Gasteiger partial charge in [0.05, 0.1) is 11.2 Å². The molecule has 1 aliphatic carbocycles. The Morgan fingerprint density at radius 1 is 1.29 bits per heavy atom. The highest BCUT2D eigenvalue weighted by Crippen LogP contribution is 2.42. The van der Waals surface area contributed by atoms with E-state index in [1.165, 1.54) is 18.6 Å². The van der Waals surface area contributed by atoms with Gasteiger partial charge >= 0.3 is 6.18 Å². The van der Waals surface area contributed by atoms with Gasteiger partial charge in [-0.15, -0.1) is 0 Å². The Morgan fingerprint density at radius 2 is 2.10 bits per heavy atom. The van der Waals surface area contributed by atoms with Crippen LogP contribution >= 0.6 is 0 Å². The van der Waals surface area contributed by atoms with Gasteiger partial charge in [0.25, 0.3) is 0 Å². The van der Waals surface area contributed by atoms with Crippen LogP contribution < -0.4 is 5.32 Å². The zero-order chi connectivity index (χ0) is 14.9. The molecule has 0 radical (unpaired) electrons. The lowest BCUT2D eigenvalue weighted by molar-refractivity contribution is -0.137. The van der Waals surface area contributed by atoms with Crippen LogP contribution in [0.25, 0.3) is 0 Å². The summed E-state index contributed by atoms with van der Waals surface area (Å²) >= 11 is 0. The molecule has 1 N–H and O–H groups in total. The molecule has 1 spiro atoms. The maximum absolute atomic E-state index is 12.7. The highest BCUT2D eigenvalue weighted by Gasteiger charge is 2.42. The van der Waals surface area contributed by atoms with Gasteiger partial charge in [0.2, 0.25) is 0 Å². The van der Waals surface area contributed by atoms with E-state index in [2.05, 4.69) is 5.32 Å². The van der Waals surface area contributed by atoms with Crippen LogP contribution in [0.3, 0.4) is 0 Å². The number of hydrogen-bond acceptors (Lipinski definition) is 2. The van der Waals surface area contributed by atoms with E-state index in [1.807, 2.05) is 0 Å². The molecule has 1 heterocycles. The van der Waals surface area contributed by atoms with Gasteiger partial charge in [-0.3, -0.25) is 0 Å². The fourth-order valence-corrected chi connectivity index (χ4v) is 3.24. The lowest BCUT2D eigenvalue weighted by Gasteiger charge is -2.47. The molecule has 1 saturated heterocycles. The molecule has 21 heavy (non-hydrogen) atoms. The minimum Gasteiger partial charge on any atom is -0.375 e. The maximum atomic E-state index is 12.7. The number of nitrogens with one attached hydrogen (secondary N) is 1. The average molecular weight is 299 g/mol. The number of hydrogen-bond donors (Lipinski definition) is 1. The van der Waals surface area contributed by atoms with Crippen LogP contribution in [-0.2, 0) is 17.5 Å². The van der Waals surface area contributed by atoms with Crippen LogP contribution in [0.15, 0.2) is 24.3 Å². The Hall–Kier alpha value is -1.07. The zero-order valence-electron chi connectivity index (χ0n) is 11.9. The molecule has 1 aromatic carbocycles. The summed E-state index contributed by atoms with van der Waals surface area (Å²) in [6.45, 7) is 1.23. The van der Waals surface area contributed by atoms with Crippen molar-refractivity contribution in [2.45, 2.75) is 56.5 Å². The second kappa shape index (κ2) is 5.61. The van der Waals surface area contributed by atoms with Crippen LogP contribution in [0, 0.1) is 0 Å². The van der Waals surface area contributed by atoms with Crippen molar-refractivity contribution in [3.8, 4) is 0 Å². The van der Waals surface area contributed by atoms with Crippen molar-refractivity contribution in [2.75, 3.05) is 6.61 Å². The van der Waals surface area contributed by atoms with Crippen molar-refractivity contribution in [1.82, 2.24) is 5.32 Å². The Labute approximate surface area is 122 Å². The highest BCUT2D eigenvalue weighted by atomic mass is 19.4. The van der Waals surface area contributed by atoms with Crippen LogP contribution in [0.2, 0.25) is 0 Å². The zero-order valence-corrected chi connectivity index (χ0v) is 11.9. The van der Waals surface area contributed by atoms with Crippen molar-refractivity contribution in [3.63, 3.8) is 0 Å². The van der Waals surface area contributed by atoms with E-state index in [0.29, 0.717) is 18.2 Å². The SMILES string of the molecule is FC(F)(F)c1cccc(CNC2CCOC3(CCC3)C2)c1. The Kier molecular flexibility index (Phi) is 3.97. The van der Waals surface area contributed by atoms with E-state index in [4.69, 9.17) is 4.74 Å². The summed E-state index contributed by atoms with van der Waals surface area (Å²) in [6, 6.07) is 5.89. The van der Waals surface area contributed by atoms with Gasteiger partial charge in [-0.05, 0) is 43.7 Å². The van der Waals surface area contributed by atoms with Gasteiger partial charge in [0, 0.05) is 19.2 Å².